The fourth-order valence-corrected chi connectivity index (χ4v) is 5.27. The number of aromatic amines is 1. The molecule has 0 aliphatic carbocycles. The third-order valence-electron chi connectivity index (χ3n) is 6.83. The van der Waals surface area contributed by atoms with Crippen molar-refractivity contribution in [2.75, 3.05) is 7.11 Å². The van der Waals surface area contributed by atoms with Gasteiger partial charge in [0.2, 0.25) is 0 Å². The van der Waals surface area contributed by atoms with Crippen molar-refractivity contribution in [1.29, 1.82) is 0 Å². The molecule has 0 bridgehead atoms. The molecule has 1 aliphatic rings. The van der Waals surface area contributed by atoms with E-state index in [0.717, 1.165) is 67.5 Å². The fraction of sp³-hybridized carbons (Fsp3) is 0.233. The number of hydrogen-bond acceptors (Lipinski definition) is 5. The molecule has 0 saturated carbocycles. The molecule has 0 radical (unpaired) electrons. The smallest absolute Gasteiger partial charge is 0.150 e. The number of fused-ring (bicyclic) bond motifs is 2. The quantitative estimate of drug-likeness (QED) is 0.247. The number of aldehydes is 1. The molecule has 1 aliphatic heterocycles. The first-order valence-electron chi connectivity index (χ1n) is 12.0. The monoisotopic (exact) mass is 479 g/mol. The fourth-order valence-electron chi connectivity index (χ4n) is 5.27. The Hall–Kier alpha value is -4.19. The van der Waals surface area contributed by atoms with Gasteiger partial charge in [-0.05, 0) is 50.6 Å². The largest absolute Gasteiger partial charge is 0.496 e. The van der Waals surface area contributed by atoms with E-state index in [1.807, 2.05) is 64.1 Å². The molecule has 6 nitrogen and oxygen atoms in total. The number of nitrogens with zero attached hydrogens (tertiary/aromatic N) is 2. The molecule has 4 aromatic rings. The van der Waals surface area contributed by atoms with Gasteiger partial charge in [-0.25, -0.2) is 0 Å². The van der Waals surface area contributed by atoms with E-state index in [0.29, 0.717) is 11.3 Å². The zero-order valence-electron chi connectivity index (χ0n) is 21.2. The Kier molecular flexibility index (Phi) is 5.96. The van der Waals surface area contributed by atoms with Crippen LogP contribution in [-0.2, 0) is 4.84 Å². The molecule has 0 amide bonds. The first-order valence-corrected chi connectivity index (χ1v) is 12.0. The van der Waals surface area contributed by atoms with Crippen LogP contribution >= 0.6 is 0 Å². The van der Waals surface area contributed by atoms with E-state index >= 15 is 0 Å². The van der Waals surface area contributed by atoms with Gasteiger partial charge < -0.3 is 14.6 Å². The van der Waals surface area contributed by atoms with Crippen LogP contribution in [0.2, 0.25) is 0 Å². The van der Waals surface area contributed by atoms with Gasteiger partial charge in [0.05, 0.1) is 24.5 Å². The van der Waals surface area contributed by atoms with Crippen LogP contribution in [0.4, 0.5) is 0 Å². The Morgan fingerprint density at radius 3 is 2.53 bits per heavy atom. The lowest BCUT2D eigenvalue weighted by Gasteiger charge is -2.18. The number of nitrogens with one attached hydrogen (secondary N) is 1. The van der Waals surface area contributed by atoms with E-state index in [1.54, 1.807) is 7.11 Å². The number of H-pyrrole nitrogens is 1. The van der Waals surface area contributed by atoms with Crippen molar-refractivity contribution in [1.82, 2.24) is 4.98 Å². The van der Waals surface area contributed by atoms with Gasteiger partial charge >= 0.3 is 0 Å². The highest BCUT2D eigenvalue weighted by Gasteiger charge is 2.33. The lowest BCUT2D eigenvalue weighted by molar-refractivity contribution is 0.0900. The molecule has 3 aromatic carbocycles. The van der Waals surface area contributed by atoms with E-state index in [9.17, 15) is 4.79 Å². The van der Waals surface area contributed by atoms with Gasteiger partial charge in [-0.15, -0.1) is 0 Å². The molecule has 0 fully saturated rings. The standard InChI is InChI=1S/C30H29N3O3/c1-16(2)31-30(23-12-11-20(15-34)21-9-7-8-10-22(21)23)29-17(3)32-26-13-25(27(35-6)14-24(26)29)28-18(4)33-36-19(28)5/h7-15,19,28,32H,1H2,2-6H3/b31-30-. The number of allylic oxidation sites excluding steroid dienone is 1. The lowest BCUT2D eigenvalue weighted by atomic mass is 9.88. The summed E-state index contributed by atoms with van der Waals surface area (Å²) in [6.07, 6.45) is 0.819. The molecule has 2 unspecified atom stereocenters. The summed E-state index contributed by atoms with van der Waals surface area (Å²) >= 11 is 0. The Labute approximate surface area is 210 Å². The van der Waals surface area contributed by atoms with E-state index in [-0.39, 0.29) is 12.0 Å². The molecule has 5 rings (SSSR count). The predicted molar refractivity (Wildman–Crippen MR) is 146 cm³/mol. The van der Waals surface area contributed by atoms with Crippen molar-refractivity contribution in [3.8, 4) is 5.75 Å². The van der Waals surface area contributed by atoms with Gasteiger partial charge in [-0.1, -0.05) is 48.1 Å². The number of carbonyl (C=O) groups is 1. The summed E-state index contributed by atoms with van der Waals surface area (Å²) in [6, 6.07) is 15.9. The summed E-state index contributed by atoms with van der Waals surface area (Å²) in [5, 5.41) is 7.04. The zero-order chi connectivity index (χ0) is 25.6. The third kappa shape index (κ3) is 3.79. The molecule has 1 N–H and O–H groups in total. The number of hydrogen-bond donors (Lipinski definition) is 1. The maximum Gasteiger partial charge on any atom is 0.150 e. The highest BCUT2D eigenvalue weighted by atomic mass is 16.6. The van der Waals surface area contributed by atoms with Gasteiger partial charge in [0.1, 0.15) is 11.9 Å². The number of methoxy groups -OCH3 is 1. The summed E-state index contributed by atoms with van der Waals surface area (Å²) in [5.74, 6) is 0.787. The normalized spacial score (nSPS) is 17.8. The summed E-state index contributed by atoms with van der Waals surface area (Å²) in [4.78, 5) is 25.7. The molecule has 182 valence electrons. The molecule has 36 heavy (non-hydrogen) atoms. The number of benzene rings is 3. The second-order valence-corrected chi connectivity index (χ2v) is 9.35. The minimum atomic E-state index is -0.0740. The van der Waals surface area contributed by atoms with Crippen molar-refractivity contribution in [3.05, 3.63) is 88.8 Å². The van der Waals surface area contributed by atoms with E-state index < -0.39 is 0 Å². The van der Waals surface area contributed by atoms with Crippen molar-refractivity contribution in [3.63, 3.8) is 0 Å². The number of aliphatic imine (C=N–C) groups is 1. The Morgan fingerprint density at radius 2 is 1.89 bits per heavy atom. The van der Waals surface area contributed by atoms with Gasteiger partial charge in [0, 0.05) is 44.5 Å². The summed E-state index contributed by atoms with van der Waals surface area (Å²) < 4.78 is 5.87. The predicted octanol–water partition coefficient (Wildman–Crippen LogP) is 6.70. The molecule has 2 atom stereocenters. The van der Waals surface area contributed by atoms with Gasteiger partial charge in [-0.3, -0.25) is 9.79 Å². The number of aryl methyl sites for hydroxylation is 1. The van der Waals surface area contributed by atoms with Gasteiger partial charge in [0.15, 0.2) is 6.29 Å². The maximum absolute atomic E-state index is 11.7. The first-order chi connectivity index (χ1) is 17.3. The average Bonchev–Trinajstić information content (AvgIpc) is 3.37. The van der Waals surface area contributed by atoms with Crippen LogP contribution in [0.15, 0.2) is 71.0 Å². The molecular weight excluding hydrogens is 450 g/mol. The topological polar surface area (TPSA) is 76.0 Å². The molecule has 0 saturated heterocycles. The van der Waals surface area contributed by atoms with Crippen LogP contribution < -0.4 is 4.74 Å². The second kappa shape index (κ2) is 9.11. The Balaban J connectivity index is 1.78. The summed E-state index contributed by atoms with van der Waals surface area (Å²) in [5.41, 5.74) is 7.96. The van der Waals surface area contributed by atoms with Crippen LogP contribution in [0.5, 0.6) is 5.75 Å². The van der Waals surface area contributed by atoms with Crippen LogP contribution in [0.3, 0.4) is 0 Å². The molecule has 1 aromatic heterocycles. The molecule has 0 spiro atoms. The molecule has 2 heterocycles. The van der Waals surface area contributed by atoms with Crippen molar-refractivity contribution >= 4 is 39.4 Å². The number of ether oxygens (including phenoxy) is 1. The van der Waals surface area contributed by atoms with Gasteiger partial charge in [-0.2, -0.15) is 0 Å². The minimum Gasteiger partial charge on any atom is -0.496 e. The van der Waals surface area contributed by atoms with E-state index in [4.69, 9.17) is 14.6 Å². The number of carbonyl (C=O) groups excluding carboxylic acids is 1. The number of oxime groups is 1. The minimum absolute atomic E-state index is 0.0137. The number of aromatic nitrogens is 1. The molecular formula is C30H29N3O3. The van der Waals surface area contributed by atoms with Crippen LogP contribution in [0, 0.1) is 6.92 Å². The van der Waals surface area contributed by atoms with Crippen LogP contribution in [-0.4, -0.2) is 35.9 Å². The first kappa shape index (κ1) is 23.5. The highest BCUT2D eigenvalue weighted by Crippen LogP contribution is 2.39. The lowest BCUT2D eigenvalue weighted by Crippen LogP contribution is -2.17. The van der Waals surface area contributed by atoms with Crippen molar-refractivity contribution in [2.45, 2.75) is 39.7 Å². The third-order valence-corrected chi connectivity index (χ3v) is 6.83. The van der Waals surface area contributed by atoms with E-state index in [1.165, 1.54) is 0 Å². The van der Waals surface area contributed by atoms with Crippen molar-refractivity contribution in [2.24, 2.45) is 10.1 Å². The summed E-state index contributed by atoms with van der Waals surface area (Å²) in [7, 11) is 1.69. The molecule has 6 heteroatoms. The number of rotatable bonds is 6. The maximum atomic E-state index is 11.7. The zero-order valence-corrected chi connectivity index (χ0v) is 21.2. The Bertz CT molecular complexity index is 1590. The van der Waals surface area contributed by atoms with Crippen molar-refractivity contribution < 1.29 is 14.4 Å². The summed E-state index contributed by atoms with van der Waals surface area (Å²) in [6.45, 7) is 12.0. The highest BCUT2D eigenvalue weighted by molar-refractivity contribution is 6.26. The second-order valence-electron chi connectivity index (χ2n) is 9.35. The van der Waals surface area contributed by atoms with Crippen LogP contribution in [0.1, 0.15) is 59.4 Å². The van der Waals surface area contributed by atoms with Crippen LogP contribution in [0.25, 0.3) is 21.7 Å². The van der Waals surface area contributed by atoms with E-state index in [2.05, 4.69) is 28.9 Å². The Morgan fingerprint density at radius 1 is 1.14 bits per heavy atom. The SMILES string of the molecule is C=C(C)/N=C(\c1c(C)[nH]c2cc(C3C(C)=NOC3C)c(OC)cc12)c1ccc(C=O)c2ccccc12. The average molecular weight is 480 g/mol. The van der Waals surface area contributed by atoms with Gasteiger partial charge in [0.25, 0.3) is 0 Å².